The first-order valence-corrected chi connectivity index (χ1v) is 9.95. The fraction of sp³-hybridized carbons (Fsp3) is 0.600. The van der Waals surface area contributed by atoms with Crippen molar-refractivity contribution in [1.82, 2.24) is 21.5 Å². The van der Waals surface area contributed by atoms with E-state index in [0.717, 1.165) is 37.0 Å². The van der Waals surface area contributed by atoms with Crippen LogP contribution in [0.3, 0.4) is 0 Å². The molecule has 1 aliphatic carbocycles. The summed E-state index contributed by atoms with van der Waals surface area (Å²) in [6.07, 6.45) is 3.43. The van der Waals surface area contributed by atoms with E-state index in [2.05, 4.69) is 21.5 Å². The van der Waals surface area contributed by atoms with E-state index in [1.807, 2.05) is 31.2 Å². The minimum absolute atomic E-state index is 0.0195. The minimum atomic E-state index is -0.339. The molecular formula is C20H30N4O4. The first kappa shape index (κ1) is 20.4. The molecule has 3 rings (SSSR count). The van der Waals surface area contributed by atoms with Crippen LogP contribution in [-0.2, 0) is 16.0 Å². The van der Waals surface area contributed by atoms with Gasteiger partial charge in [-0.25, -0.2) is 10.2 Å². The number of nitrogens with one attached hydrogen (secondary N) is 4. The highest BCUT2D eigenvalue weighted by molar-refractivity contribution is 5.78. The van der Waals surface area contributed by atoms with E-state index < -0.39 is 0 Å². The van der Waals surface area contributed by atoms with Crippen molar-refractivity contribution in [3.63, 3.8) is 0 Å². The normalized spacial score (nSPS) is 26.6. The van der Waals surface area contributed by atoms with Gasteiger partial charge in [0.15, 0.2) is 0 Å². The lowest BCUT2D eigenvalue weighted by molar-refractivity contribution is -0.121. The minimum Gasteiger partial charge on any atom is -0.497 e. The van der Waals surface area contributed by atoms with Gasteiger partial charge in [-0.2, -0.15) is 0 Å². The van der Waals surface area contributed by atoms with Crippen LogP contribution < -0.4 is 26.2 Å². The van der Waals surface area contributed by atoms with Crippen LogP contribution in [0, 0.1) is 5.92 Å². The molecular weight excluding hydrogens is 360 g/mol. The van der Waals surface area contributed by atoms with E-state index in [4.69, 9.17) is 9.47 Å². The zero-order valence-corrected chi connectivity index (χ0v) is 16.5. The first-order valence-electron chi connectivity index (χ1n) is 9.95. The Morgan fingerprint density at radius 1 is 1.14 bits per heavy atom. The van der Waals surface area contributed by atoms with Crippen LogP contribution in [0.2, 0.25) is 0 Å². The average molecular weight is 390 g/mol. The Hall–Kier alpha value is -2.32. The van der Waals surface area contributed by atoms with Gasteiger partial charge < -0.3 is 20.1 Å². The van der Waals surface area contributed by atoms with Crippen LogP contribution in [0.1, 0.15) is 38.2 Å². The predicted octanol–water partition coefficient (Wildman–Crippen LogP) is 1.46. The molecule has 1 aliphatic heterocycles. The summed E-state index contributed by atoms with van der Waals surface area (Å²) in [6, 6.07) is 7.76. The van der Waals surface area contributed by atoms with E-state index in [-0.39, 0.29) is 30.3 Å². The van der Waals surface area contributed by atoms with Gasteiger partial charge in [0, 0.05) is 12.6 Å². The van der Waals surface area contributed by atoms with Gasteiger partial charge in [-0.3, -0.25) is 10.2 Å². The maximum absolute atomic E-state index is 12.3. The molecule has 0 spiro atoms. The van der Waals surface area contributed by atoms with Crippen LogP contribution in [0.25, 0.3) is 0 Å². The van der Waals surface area contributed by atoms with Crippen LogP contribution in [0.4, 0.5) is 4.79 Å². The molecule has 0 radical (unpaired) electrons. The quantitative estimate of drug-likeness (QED) is 0.562. The van der Waals surface area contributed by atoms with Crippen LogP contribution >= 0.6 is 0 Å². The lowest BCUT2D eigenvalue weighted by Gasteiger charge is -2.18. The molecule has 2 amide bonds. The maximum atomic E-state index is 12.3. The number of rotatable bonds is 7. The Morgan fingerprint density at radius 2 is 1.93 bits per heavy atom. The maximum Gasteiger partial charge on any atom is 0.407 e. The van der Waals surface area contributed by atoms with Crippen molar-refractivity contribution in [1.29, 1.82) is 0 Å². The van der Waals surface area contributed by atoms with Gasteiger partial charge in [0.05, 0.1) is 19.7 Å². The van der Waals surface area contributed by atoms with E-state index in [9.17, 15) is 9.59 Å². The molecule has 2 aliphatic rings. The summed E-state index contributed by atoms with van der Waals surface area (Å²) < 4.78 is 10.6. The van der Waals surface area contributed by atoms with Crippen molar-refractivity contribution in [2.75, 3.05) is 13.7 Å². The van der Waals surface area contributed by atoms with Crippen LogP contribution in [0.5, 0.6) is 5.75 Å². The van der Waals surface area contributed by atoms with Crippen molar-refractivity contribution < 1.29 is 19.1 Å². The first-order chi connectivity index (χ1) is 13.6. The highest BCUT2D eigenvalue weighted by Gasteiger charge is 2.37. The number of carbonyl (C=O) groups excluding carboxylic acids is 2. The lowest BCUT2D eigenvalue weighted by atomic mass is 9.96. The number of methoxy groups -OCH3 is 1. The van der Waals surface area contributed by atoms with E-state index in [0.29, 0.717) is 18.9 Å². The Labute approximate surface area is 165 Å². The average Bonchev–Trinajstić information content (AvgIpc) is 3.32. The van der Waals surface area contributed by atoms with E-state index in [1.54, 1.807) is 7.11 Å². The zero-order chi connectivity index (χ0) is 19.9. The van der Waals surface area contributed by atoms with Gasteiger partial charge in [-0.05, 0) is 56.2 Å². The van der Waals surface area contributed by atoms with Crippen molar-refractivity contribution in [2.24, 2.45) is 5.92 Å². The van der Waals surface area contributed by atoms with E-state index in [1.165, 1.54) is 0 Å². The second-order valence-corrected chi connectivity index (χ2v) is 7.41. The van der Waals surface area contributed by atoms with Gasteiger partial charge in [0.2, 0.25) is 5.91 Å². The van der Waals surface area contributed by atoms with Gasteiger partial charge in [0.1, 0.15) is 11.9 Å². The molecule has 2 unspecified atom stereocenters. The summed E-state index contributed by atoms with van der Waals surface area (Å²) in [5.41, 5.74) is 7.41. The van der Waals surface area contributed by atoms with Crippen molar-refractivity contribution in [3.8, 4) is 5.75 Å². The Morgan fingerprint density at radius 3 is 2.64 bits per heavy atom. The number of carbonyl (C=O) groups is 2. The molecule has 8 nitrogen and oxygen atoms in total. The fourth-order valence-corrected chi connectivity index (χ4v) is 3.94. The molecule has 2 fully saturated rings. The molecule has 0 bridgehead atoms. The largest absolute Gasteiger partial charge is 0.497 e. The third kappa shape index (κ3) is 5.59. The molecule has 4 atom stereocenters. The number of hydrazine groups is 1. The van der Waals surface area contributed by atoms with Crippen molar-refractivity contribution >= 4 is 12.0 Å². The summed E-state index contributed by atoms with van der Waals surface area (Å²) in [6.45, 7) is 2.44. The van der Waals surface area contributed by atoms with Gasteiger partial charge in [-0.1, -0.05) is 12.1 Å². The standard InChI is InChI=1S/C20H30N4O4/c1-3-21-20(26)28-16-9-6-14(11-16)17-12-18(24-23-17)22-19(25)10-13-4-7-15(27-2)8-5-13/h4-5,7-8,14,16-18,23-24H,3,6,9-12H2,1-2H3,(H,21,26)(H,22,25)/t14-,16+,17?,18?/m0/s1. The molecule has 1 aromatic carbocycles. The van der Waals surface area contributed by atoms with Crippen molar-refractivity contribution in [3.05, 3.63) is 29.8 Å². The second-order valence-electron chi connectivity index (χ2n) is 7.41. The zero-order valence-electron chi connectivity index (χ0n) is 16.5. The fourth-order valence-electron chi connectivity index (χ4n) is 3.94. The smallest absolute Gasteiger partial charge is 0.407 e. The predicted molar refractivity (Wildman–Crippen MR) is 105 cm³/mol. The molecule has 1 aromatic rings. The number of amides is 2. The molecule has 0 aromatic heterocycles. The number of alkyl carbamates (subject to hydrolysis) is 1. The van der Waals surface area contributed by atoms with Crippen LogP contribution in [0.15, 0.2) is 24.3 Å². The number of hydrogen-bond donors (Lipinski definition) is 4. The highest BCUT2D eigenvalue weighted by atomic mass is 16.6. The molecule has 1 saturated heterocycles. The molecule has 4 N–H and O–H groups in total. The monoisotopic (exact) mass is 390 g/mol. The summed E-state index contributed by atoms with van der Waals surface area (Å²) >= 11 is 0. The third-order valence-corrected chi connectivity index (χ3v) is 5.38. The van der Waals surface area contributed by atoms with Gasteiger partial charge in [0.25, 0.3) is 0 Å². The summed E-state index contributed by atoms with van der Waals surface area (Å²) in [4.78, 5) is 23.9. The third-order valence-electron chi connectivity index (χ3n) is 5.38. The Balaban J connectivity index is 1.40. The summed E-state index contributed by atoms with van der Waals surface area (Å²) in [7, 11) is 1.62. The Bertz CT molecular complexity index is 667. The van der Waals surface area contributed by atoms with Gasteiger partial charge >= 0.3 is 6.09 Å². The lowest BCUT2D eigenvalue weighted by Crippen LogP contribution is -2.45. The Kier molecular flexibility index (Phi) is 7.11. The van der Waals surface area contributed by atoms with Crippen LogP contribution in [-0.4, -0.2) is 44.0 Å². The number of benzene rings is 1. The molecule has 1 heterocycles. The number of hydrogen-bond acceptors (Lipinski definition) is 6. The molecule has 8 heteroatoms. The van der Waals surface area contributed by atoms with E-state index >= 15 is 0 Å². The molecule has 28 heavy (non-hydrogen) atoms. The highest BCUT2D eigenvalue weighted by Crippen LogP contribution is 2.32. The number of ether oxygens (including phenoxy) is 2. The van der Waals surface area contributed by atoms with Gasteiger partial charge in [-0.15, -0.1) is 0 Å². The molecule has 1 saturated carbocycles. The summed E-state index contributed by atoms with van der Waals surface area (Å²) in [5, 5.41) is 5.70. The SMILES string of the molecule is CCNC(=O)O[C@@H]1CC[C@H](C2CC(NC(=O)Cc3ccc(OC)cc3)NN2)C1. The topological polar surface area (TPSA) is 101 Å². The summed E-state index contributed by atoms with van der Waals surface area (Å²) in [5.74, 6) is 1.18. The molecule has 154 valence electrons. The van der Waals surface area contributed by atoms with Crippen molar-refractivity contribution in [2.45, 2.75) is 57.3 Å². The second kappa shape index (κ2) is 9.75.